The molecule has 2 aromatic heterocycles. The smallest absolute Gasteiger partial charge is 0.331 e. The van der Waals surface area contributed by atoms with Gasteiger partial charge in [0.15, 0.2) is 0 Å². The number of urea groups is 1. The SMILES string of the molecule is Cc1cc(OC(C)C)ccc1N1C(=O)Nc2c(CN[C@@H]3CCCN(C)C3)sc3nccc1c23. The second kappa shape index (κ2) is 8.93. The number of likely N-dealkylation sites (tertiary alicyclic amines) is 1. The number of ether oxygens (including phenoxy) is 1. The summed E-state index contributed by atoms with van der Waals surface area (Å²) in [7, 11) is 2.17. The Hall–Kier alpha value is -2.68. The van der Waals surface area contributed by atoms with Crippen LogP contribution >= 0.6 is 11.3 Å². The molecule has 0 aliphatic carbocycles. The van der Waals surface area contributed by atoms with Crippen LogP contribution in [0.4, 0.5) is 21.9 Å². The second-order valence-corrected chi connectivity index (χ2v) is 10.4. The van der Waals surface area contributed by atoms with Crippen molar-refractivity contribution in [3.8, 4) is 5.75 Å². The minimum absolute atomic E-state index is 0.0998. The monoisotopic (exact) mass is 465 g/mol. The summed E-state index contributed by atoms with van der Waals surface area (Å²) in [6.07, 6.45) is 4.29. The summed E-state index contributed by atoms with van der Waals surface area (Å²) in [4.78, 5) is 24.2. The number of carbonyl (C=O) groups is 1. The van der Waals surface area contributed by atoms with E-state index in [9.17, 15) is 4.79 Å². The van der Waals surface area contributed by atoms with Crippen molar-refractivity contribution in [1.29, 1.82) is 0 Å². The summed E-state index contributed by atoms with van der Waals surface area (Å²) in [5.74, 6) is 0.807. The highest BCUT2D eigenvalue weighted by Gasteiger charge is 2.31. The third kappa shape index (κ3) is 4.30. The van der Waals surface area contributed by atoms with Gasteiger partial charge >= 0.3 is 6.03 Å². The van der Waals surface area contributed by atoms with Crippen molar-refractivity contribution in [2.75, 3.05) is 30.4 Å². The zero-order valence-corrected chi connectivity index (χ0v) is 20.5. The summed E-state index contributed by atoms with van der Waals surface area (Å²) in [5.41, 5.74) is 3.60. The van der Waals surface area contributed by atoms with Gasteiger partial charge in [0.2, 0.25) is 0 Å². The number of carbonyl (C=O) groups excluding carboxylic acids is 1. The number of pyridine rings is 1. The number of nitrogens with one attached hydrogen (secondary N) is 2. The predicted octanol–water partition coefficient (Wildman–Crippen LogP) is 5.26. The molecule has 0 bridgehead atoms. The number of thiophene rings is 1. The van der Waals surface area contributed by atoms with Crippen LogP contribution in [-0.2, 0) is 6.54 Å². The lowest BCUT2D eigenvalue weighted by molar-refractivity contribution is 0.227. The molecular weight excluding hydrogens is 434 g/mol. The molecule has 1 aromatic carbocycles. The van der Waals surface area contributed by atoms with Gasteiger partial charge in [-0.2, -0.15) is 0 Å². The Labute approximate surface area is 198 Å². The molecule has 33 heavy (non-hydrogen) atoms. The normalized spacial score (nSPS) is 18.8. The molecule has 1 atom stereocenters. The van der Waals surface area contributed by atoms with E-state index >= 15 is 0 Å². The fourth-order valence-electron chi connectivity index (χ4n) is 4.80. The maximum absolute atomic E-state index is 13.4. The minimum atomic E-state index is -0.146. The number of nitrogens with zero attached hydrogens (tertiary/aromatic N) is 3. The van der Waals surface area contributed by atoms with Crippen molar-refractivity contribution < 1.29 is 9.53 Å². The van der Waals surface area contributed by atoms with Crippen LogP contribution in [0.25, 0.3) is 10.2 Å². The van der Waals surface area contributed by atoms with E-state index in [1.807, 2.05) is 45.0 Å². The van der Waals surface area contributed by atoms with Gasteiger partial charge in [0.25, 0.3) is 0 Å². The van der Waals surface area contributed by atoms with Gasteiger partial charge in [-0.3, -0.25) is 4.90 Å². The summed E-state index contributed by atoms with van der Waals surface area (Å²) in [6, 6.07) is 8.13. The molecule has 5 rings (SSSR count). The van der Waals surface area contributed by atoms with Gasteiger partial charge in [-0.25, -0.2) is 9.78 Å². The molecule has 0 spiro atoms. The molecule has 1 fully saturated rings. The van der Waals surface area contributed by atoms with Crippen LogP contribution in [0.3, 0.4) is 0 Å². The van der Waals surface area contributed by atoms with Gasteiger partial charge in [0.05, 0.1) is 28.6 Å². The maximum atomic E-state index is 13.4. The molecule has 4 heterocycles. The quantitative estimate of drug-likeness (QED) is 0.520. The van der Waals surface area contributed by atoms with Crippen LogP contribution in [0.15, 0.2) is 30.5 Å². The number of aromatic nitrogens is 1. The molecule has 2 amide bonds. The lowest BCUT2D eigenvalue weighted by Gasteiger charge is -2.31. The van der Waals surface area contributed by atoms with Crippen LogP contribution in [0.5, 0.6) is 5.75 Å². The Morgan fingerprint density at radius 1 is 1.30 bits per heavy atom. The lowest BCUT2D eigenvalue weighted by atomic mass is 10.1. The van der Waals surface area contributed by atoms with Gasteiger partial charge in [-0.05, 0) is 77.0 Å². The average Bonchev–Trinajstić information content (AvgIpc) is 3.11. The fourth-order valence-corrected chi connectivity index (χ4v) is 5.87. The molecular formula is C25H31N5O2S. The summed E-state index contributed by atoms with van der Waals surface area (Å²) >= 11 is 1.66. The van der Waals surface area contributed by atoms with E-state index in [1.165, 1.54) is 12.8 Å². The van der Waals surface area contributed by atoms with E-state index in [2.05, 4.69) is 27.6 Å². The number of rotatable bonds is 6. The molecule has 8 heteroatoms. The first-order valence-corrected chi connectivity index (χ1v) is 12.4. The first-order valence-electron chi connectivity index (χ1n) is 11.6. The maximum Gasteiger partial charge on any atom is 0.331 e. The highest BCUT2D eigenvalue weighted by molar-refractivity contribution is 7.19. The van der Waals surface area contributed by atoms with Gasteiger partial charge < -0.3 is 20.3 Å². The first-order chi connectivity index (χ1) is 15.9. The van der Waals surface area contributed by atoms with Gasteiger partial charge in [-0.1, -0.05) is 0 Å². The third-order valence-electron chi connectivity index (χ3n) is 6.28. The van der Waals surface area contributed by atoms with E-state index in [0.717, 1.165) is 63.1 Å². The number of amides is 2. The van der Waals surface area contributed by atoms with Crippen molar-refractivity contribution in [3.05, 3.63) is 40.9 Å². The fraction of sp³-hybridized carbons (Fsp3) is 0.440. The molecule has 7 nitrogen and oxygen atoms in total. The van der Waals surface area contributed by atoms with E-state index in [1.54, 1.807) is 22.4 Å². The zero-order valence-electron chi connectivity index (χ0n) is 19.6. The summed E-state index contributed by atoms with van der Waals surface area (Å²) in [5, 5.41) is 7.88. The number of anilines is 3. The van der Waals surface area contributed by atoms with Crippen molar-refractivity contribution >= 4 is 44.6 Å². The number of hydrogen-bond acceptors (Lipinski definition) is 6. The van der Waals surface area contributed by atoms with Gasteiger partial charge in [-0.15, -0.1) is 11.3 Å². The second-order valence-electron chi connectivity index (χ2n) is 9.27. The molecule has 0 saturated carbocycles. The van der Waals surface area contributed by atoms with E-state index in [-0.39, 0.29) is 12.1 Å². The third-order valence-corrected chi connectivity index (χ3v) is 7.37. The summed E-state index contributed by atoms with van der Waals surface area (Å²) < 4.78 is 5.83. The number of hydrogen-bond donors (Lipinski definition) is 2. The van der Waals surface area contributed by atoms with E-state index in [0.29, 0.717) is 6.04 Å². The summed E-state index contributed by atoms with van der Waals surface area (Å²) in [6.45, 7) is 8.97. The van der Waals surface area contributed by atoms with Crippen molar-refractivity contribution in [3.63, 3.8) is 0 Å². The first kappa shape index (κ1) is 22.1. The number of likely N-dealkylation sites (N-methyl/N-ethyl adjacent to an activating group) is 1. The van der Waals surface area contributed by atoms with Crippen molar-refractivity contribution in [2.45, 2.75) is 52.3 Å². The lowest BCUT2D eigenvalue weighted by Crippen LogP contribution is -2.43. The Bertz CT molecular complexity index is 1190. The Morgan fingerprint density at radius 3 is 2.91 bits per heavy atom. The molecule has 2 N–H and O–H groups in total. The van der Waals surface area contributed by atoms with Gasteiger partial charge in [0.1, 0.15) is 10.6 Å². The van der Waals surface area contributed by atoms with Crippen molar-refractivity contribution in [2.24, 2.45) is 0 Å². The largest absolute Gasteiger partial charge is 0.491 e. The molecule has 0 radical (unpaired) electrons. The van der Waals surface area contributed by atoms with Crippen LogP contribution in [0, 0.1) is 6.92 Å². The molecule has 3 aromatic rings. The molecule has 0 unspecified atom stereocenters. The van der Waals surface area contributed by atoms with Crippen LogP contribution in [0.2, 0.25) is 0 Å². The number of benzene rings is 1. The highest BCUT2D eigenvalue weighted by Crippen LogP contribution is 2.46. The molecule has 1 saturated heterocycles. The average molecular weight is 466 g/mol. The van der Waals surface area contributed by atoms with Crippen LogP contribution < -0.4 is 20.3 Å². The highest BCUT2D eigenvalue weighted by atomic mass is 32.1. The molecule has 2 aliphatic rings. The predicted molar refractivity (Wildman–Crippen MR) is 135 cm³/mol. The Morgan fingerprint density at radius 2 is 2.15 bits per heavy atom. The van der Waals surface area contributed by atoms with E-state index in [4.69, 9.17) is 4.74 Å². The Kier molecular flexibility index (Phi) is 5.99. The molecule has 174 valence electrons. The topological polar surface area (TPSA) is 69.7 Å². The zero-order chi connectivity index (χ0) is 23.1. The standard InChI is InChI=1S/C25H31N5O2S/c1-15(2)32-18-7-8-19(16(3)12-18)30-20-9-10-26-24-22(20)23(28-25(30)31)21(33-24)13-27-17-6-5-11-29(4)14-17/h7-10,12,15,17,27H,5-6,11,13-14H2,1-4H3,(H,28,31)/t17-/m1/s1. The van der Waals surface area contributed by atoms with Crippen molar-refractivity contribution in [1.82, 2.24) is 15.2 Å². The molecule has 2 aliphatic heterocycles. The Balaban J connectivity index is 1.47. The van der Waals surface area contributed by atoms with Crippen LogP contribution in [0.1, 0.15) is 37.1 Å². The van der Waals surface area contributed by atoms with E-state index < -0.39 is 0 Å². The number of aryl methyl sites for hydroxylation is 1. The van der Waals surface area contributed by atoms with Gasteiger partial charge in [0, 0.05) is 30.2 Å². The number of piperidine rings is 1. The minimum Gasteiger partial charge on any atom is -0.491 e. The van der Waals surface area contributed by atoms with Crippen LogP contribution in [-0.4, -0.2) is 48.2 Å².